The van der Waals surface area contributed by atoms with Crippen LogP contribution in [0.2, 0.25) is 0 Å². The van der Waals surface area contributed by atoms with Crippen LogP contribution in [0.1, 0.15) is 23.2 Å². The molecular weight excluding hydrogens is 354 g/mol. The quantitative estimate of drug-likeness (QED) is 0.708. The molecule has 0 N–H and O–H groups in total. The summed E-state index contributed by atoms with van der Waals surface area (Å²) in [4.78, 5) is 18.2. The smallest absolute Gasteiger partial charge is 0.255 e. The monoisotopic (exact) mass is 372 g/mol. The van der Waals surface area contributed by atoms with E-state index in [2.05, 4.69) is 10.1 Å². The van der Waals surface area contributed by atoms with Gasteiger partial charge in [-0.25, -0.2) is 18.4 Å². The molecule has 6 nitrogen and oxygen atoms in total. The van der Waals surface area contributed by atoms with Crippen molar-refractivity contribution in [3.63, 3.8) is 0 Å². The normalized spacial score (nSPS) is 16.5. The van der Waals surface area contributed by atoms with Gasteiger partial charge in [0.25, 0.3) is 11.8 Å². The molecule has 3 aromatic rings. The molecule has 1 fully saturated rings. The van der Waals surface area contributed by atoms with Crippen molar-refractivity contribution in [1.29, 1.82) is 0 Å². The van der Waals surface area contributed by atoms with E-state index in [1.807, 2.05) is 24.4 Å². The second-order valence-corrected chi connectivity index (χ2v) is 6.55. The van der Waals surface area contributed by atoms with E-state index < -0.39 is 5.92 Å². The Bertz CT molecular complexity index is 975. The van der Waals surface area contributed by atoms with Crippen molar-refractivity contribution in [3.05, 3.63) is 48.3 Å². The van der Waals surface area contributed by atoms with Crippen LogP contribution in [-0.4, -0.2) is 51.7 Å². The van der Waals surface area contributed by atoms with Gasteiger partial charge < -0.3 is 9.64 Å². The predicted octanol–water partition coefficient (Wildman–Crippen LogP) is 3.30. The number of aromatic nitrogens is 3. The summed E-state index contributed by atoms with van der Waals surface area (Å²) in [6.45, 7) is 0.111. The first kappa shape index (κ1) is 17.4. The predicted molar refractivity (Wildman–Crippen MR) is 95.5 cm³/mol. The van der Waals surface area contributed by atoms with E-state index in [-0.39, 0.29) is 31.8 Å². The van der Waals surface area contributed by atoms with E-state index >= 15 is 0 Å². The van der Waals surface area contributed by atoms with Crippen molar-refractivity contribution in [3.8, 4) is 11.6 Å². The molecule has 1 saturated heterocycles. The zero-order valence-corrected chi connectivity index (χ0v) is 14.7. The average molecular weight is 372 g/mol. The molecular formula is C19H18F2N4O2. The van der Waals surface area contributed by atoms with Gasteiger partial charge in [-0.15, -0.1) is 0 Å². The Morgan fingerprint density at radius 1 is 1.19 bits per heavy atom. The Balaban J connectivity index is 1.53. The maximum absolute atomic E-state index is 13.3. The Hall–Kier alpha value is -3.03. The van der Waals surface area contributed by atoms with Crippen molar-refractivity contribution < 1.29 is 18.3 Å². The lowest BCUT2D eigenvalue weighted by Crippen LogP contribution is -2.42. The first-order chi connectivity index (χ1) is 12.9. The molecule has 0 atom stereocenters. The van der Waals surface area contributed by atoms with Gasteiger partial charge in [0.15, 0.2) is 5.82 Å². The second-order valence-electron chi connectivity index (χ2n) is 6.55. The Kier molecular flexibility index (Phi) is 4.25. The molecule has 0 radical (unpaired) electrons. The van der Waals surface area contributed by atoms with Crippen LogP contribution in [0.4, 0.5) is 8.78 Å². The van der Waals surface area contributed by atoms with Crippen LogP contribution in [-0.2, 0) is 0 Å². The number of carbonyl (C=O) groups excluding carboxylic acids is 1. The van der Waals surface area contributed by atoms with E-state index in [4.69, 9.17) is 4.74 Å². The third kappa shape index (κ3) is 3.47. The number of amides is 1. The topological polar surface area (TPSA) is 60.3 Å². The van der Waals surface area contributed by atoms with Gasteiger partial charge in [-0.2, -0.15) is 5.10 Å². The number of fused-ring (bicyclic) bond motifs is 1. The summed E-state index contributed by atoms with van der Waals surface area (Å²) >= 11 is 0. The van der Waals surface area contributed by atoms with Crippen molar-refractivity contribution >= 4 is 16.8 Å². The fraction of sp³-hybridized carbons (Fsp3) is 0.316. The molecule has 8 heteroatoms. The van der Waals surface area contributed by atoms with Crippen LogP contribution >= 0.6 is 0 Å². The number of piperidine rings is 1. The first-order valence-electron chi connectivity index (χ1n) is 8.62. The zero-order chi connectivity index (χ0) is 19.0. The molecule has 2 aromatic heterocycles. The number of methoxy groups -OCH3 is 1. The molecule has 140 valence electrons. The Morgan fingerprint density at radius 2 is 1.96 bits per heavy atom. The van der Waals surface area contributed by atoms with Gasteiger partial charge >= 0.3 is 0 Å². The number of halogens is 2. The van der Waals surface area contributed by atoms with Crippen LogP contribution in [0.25, 0.3) is 16.7 Å². The van der Waals surface area contributed by atoms with Crippen LogP contribution in [0.15, 0.2) is 42.7 Å². The van der Waals surface area contributed by atoms with E-state index in [0.717, 1.165) is 16.7 Å². The van der Waals surface area contributed by atoms with E-state index in [9.17, 15) is 13.6 Å². The van der Waals surface area contributed by atoms with E-state index in [1.54, 1.807) is 23.9 Å². The summed E-state index contributed by atoms with van der Waals surface area (Å²) in [7, 11) is 1.60. The third-order valence-corrected chi connectivity index (χ3v) is 4.72. The second kappa shape index (κ2) is 6.61. The van der Waals surface area contributed by atoms with Crippen LogP contribution in [0.3, 0.4) is 0 Å². The van der Waals surface area contributed by atoms with Crippen molar-refractivity contribution in [2.75, 3.05) is 20.2 Å². The number of benzene rings is 1. The van der Waals surface area contributed by atoms with Crippen LogP contribution in [0, 0.1) is 0 Å². The van der Waals surface area contributed by atoms with Gasteiger partial charge in [-0.05, 0) is 30.3 Å². The molecule has 1 aromatic carbocycles. The van der Waals surface area contributed by atoms with Crippen molar-refractivity contribution in [2.45, 2.75) is 18.8 Å². The number of ether oxygens (including phenoxy) is 1. The molecule has 0 aliphatic carbocycles. The Labute approximate surface area is 154 Å². The SMILES string of the molecule is COc1ccc2nn(-c3ccc(C(=O)N4CCC(F)(F)CC4)cn3)cc2c1. The number of rotatable bonds is 3. The number of pyridine rings is 1. The molecule has 4 rings (SSSR count). The van der Waals surface area contributed by atoms with Gasteiger partial charge in [0, 0.05) is 43.7 Å². The molecule has 0 saturated carbocycles. The lowest BCUT2D eigenvalue weighted by molar-refractivity contribution is -0.0494. The number of hydrogen-bond donors (Lipinski definition) is 0. The van der Waals surface area contributed by atoms with Crippen LogP contribution < -0.4 is 4.74 Å². The molecule has 1 aliphatic heterocycles. The van der Waals surface area contributed by atoms with Crippen LogP contribution in [0.5, 0.6) is 5.75 Å². The standard InChI is InChI=1S/C19H18F2N4O2/c1-27-15-3-4-16-14(10-15)12-25(23-16)17-5-2-13(11-22-17)18(26)24-8-6-19(20,21)7-9-24/h2-5,10-12H,6-9H2,1H3. The fourth-order valence-electron chi connectivity index (χ4n) is 3.12. The fourth-order valence-corrected chi connectivity index (χ4v) is 3.12. The summed E-state index contributed by atoms with van der Waals surface area (Å²) in [5.74, 6) is -1.65. The minimum Gasteiger partial charge on any atom is -0.497 e. The maximum atomic E-state index is 13.3. The highest BCUT2D eigenvalue weighted by Gasteiger charge is 2.35. The minimum atomic E-state index is -2.68. The molecule has 0 unspecified atom stereocenters. The zero-order valence-electron chi connectivity index (χ0n) is 14.7. The molecule has 0 bridgehead atoms. The number of nitrogens with zero attached hydrogens (tertiary/aromatic N) is 4. The number of carbonyl (C=O) groups is 1. The van der Waals surface area contributed by atoms with E-state index in [0.29, 0.717) is 11.4 Å². The summed E-state index contributed by atoms with van der Waals surface area (Å²) in [6.07, 6.45) is 2.69. The van der Waals surface area contributed by atoms with Crippen molar-refractivity contribution in [2.24, 2.45) is 0 Å². The lowest BCUT2D eigenvalue weighted by Gasteiger charge is -2.31. The molecule has 1 aliphatic rings. The van der Waals surface area contributed by atoms with Gasteiger partial charge in [0.1, 0.15) is 5.75 Å². The average Bonchev–Trinajstić information content (AvgIpc) is 3.10. The summed E-state index contributed by atoms with van der Waals surface area (Å²) in [5.41, 5.74) is 1.18. The summed E-state index contributed by atoms with van der Waals surface area (Å²) in [6, 6.07) is 8.90. The van der Waals surface area contributed by atoms with Gasteiger partial charge in [0.05, 0.1) is 18.2 Å². The highest BCUT2D eigenvalue weighted by molar-refractivity contribution is 5.94. The molecule has 27 heavy (non-hydrogen) atoms. The molecule has 0 spiro atoms. The minimum absolute atomic E-state index is 0.0555. The maximum Gasteiger partial charge on any atom is 0.255 e. The lowest BCUT2D eigenvalue weighted by atomic mass is 10.1. The third-order valence-electron chi connectivity index (χ3n) is 4.72. The number of alkyl halides is 2. The number of hydrogen-bond acceptors (Lipinski definition) is 4. The Morgan fingerprint density at radius 3 is 2.63 bits per heavy atom. The molecule has 1 amide bonds. The molecule has 3 heterocycles. The van der Waals surface area contributed by atoms with Crippen molar-refractivity contribution in [1.82, 2.24) is 19.7 Å². The van der Waals surface area contributed by atoms with Gasteiger partial charge in [-0.1, -0.05) is 0 Å². The summed E-state index contributed by atoms with van der Waals surface area (Å²) in [5, 5.41) is 5.37. The van der Waals surface area contributed by atoms with E-state index in [1.165, 1.54) is 11.1 Å². The van der Waals surface area contributed by atoms with Gasteiger partial charge in [-0.3, -0.25) is 4.79 Å². The number of likely N-dealkylation sites (tertiary alicyclic amines) is 1. The summed E-state index contributed by atoms with van der Waals surface area (Å²) < 4.78 is 33.3. The van der Waals surface area contributed by atoms with Gasteiger partial charge in [0.2, 0.25) is 0 Å². The largest absolute Gasteiger partial charge is 0.497 e. The highest BCUT2D eigenvalue weighted by atomic mass is 19.3. The highest BCUT2D eigenvalue weighted by Crippen LogP contribution is 2.28. The first-order valence-corrected chi connectivity index (χ1v) is 8.62.